The first kappa shape index (κ1) is 16.7. The molecule has 1 aromatic carbocycles. The first-order valence-electron chi connectivity index (χ1n) is 8.45. The van der Waals surface area contributed by atoms with Gasteiger partial charge in [-0.15, -0.1) is 11.3 Å². The van der Waals surface area contributed by atoms with E-state index in [-0.39, 0.29) is 0 Å². The topological polar surface area (TPSA) is 81.6 Å². The van der Waals surface area contributed by atoms with Crippen LogP contribution in [0.1, 0.15) is 15.9 Å². The summed E-state index contributed by atoms with van der Waals surface area (Å²) in [5, 5.41) is 18.8. The number of thiophene rings is 2. The van der Waals surface area contributed by atoms with Gasteiger partial charge in [0.25, 0.3) is 0 Å². The van der Waals surface area contributed by atoms with E-state index in [4.69, 9.17) is 0 Å². The smallest absolute Gasteiger partial charge is 0.151 e. The van der Waals surface area contributed by atoms with Crippen LogP contribution in [0.4, 0.5) is 11.4 Å². The van der Waals surface area contributed by atoms with E-state index in [2.05, 4.69) is 21.4 Å². The molecule has 0 fully saturated rings. The number of aromatic nitrogens is 2. The Morgan fingerprint density at radius 2 is 2.14 bits per heavy atom. The van der Waals surface area contributed by atoms with Crippen molar-refractivity contribution in [3.63, 3.8) is 0 Å². The fraction of sp³-hybridized carbons (Fsp3) is 0. The molecule has 5 rings (SSSR count). The molecule has 28 heavy (non-hydrogen) atoms. The monoisotopic (exact) mass is 400 g/mol. The summed E-state index contributed by atoms with van der Waals surface area (Å²) in [5.74, 6) is 0. The molecule has 0 atom stereocenters. The molecule has 5 nitrogen and oxygen atoms in total. The molecule has 0 aliphatic heterocycles. The van der Waals surface area contributed by atoms with Gasteiger partial charge in [0.1, 0.15) is 10.9 Å². The third kappa shape index (κ3) is 2.67. The molecule has 0 unspecified atom stereocenters. The van der Waals surface area contributed by atoms with Crippen LogP contribution in [0.2, 0.25) is 0 Å². The number of benzene rings is 1. The van der Waals surface area contributed by atoms with E-state index in [1.807, 2.05) is 47.3 Å². The van der Waals surface area contributed by atoms with Crippen LogP contribution >= 0.6 is 22.7 Å². The zero-order valence-electron chi connectivity index (χ0n) is 14.4. The predicted octanol–water partition coefficient (Wildman–Crippen LogP) is 5.93. The van der Waals surface area contributed by atoms with Gasteiger partial charge in [-0.05, 0) is 30.3 Å². The summed E-state index contributed by atoms with van der Waals surface area (Å²) in [5.41, 5.74) is 4.74. The fourth-order valence-electron chi connectivity index (χ4n) is 3.22. The minimum Gasteiger partial charge on any atom is -0.361 e. The highest BCUT2D eigenvalue weighted by molar-refractivity contribution is 7.22. The number of aromatic amines is 1. The zero-order valence-corrected chi connectivity index (χ0v) is 16.0. The van der Waals surface area contributed by atoms with Crippen LogP contribution in [0.5, 0.6) is 0 Å². The maximum atomic E-state index is 11.3. The summed E-state index contributed by atoms with van der Waals surface area (Å²) < 4.78 is 0. The minimum atomic E-state index is 0.479. The molecule has 2 N–H and O–H groups in total. The van der Waals surface area contributed by atoms with Crippen LogP contribution in [0.25, 0.3) is 31.6 Å². The lowest BCUT2D eigenvalue weighted by Crippen LogP contribution is -1.95. The molecule has 0 saturated heterocycles. The van der Waals surface area contributed by atoms with Crippen LogP contribution < -0.4 is 5.32 Å². The second-order valence-corrected chi connectivity index (χ2v) is 8.03. The molecule has 0 aliphatic carbocycles. The van der Waals surface area contributed by atoms with E-state index in [0.717, 1.165) is 49.2 Å². The summed E-state index contributed by atoms with van der Waals surface area (Å²) in [6, 6.07) is 12.2. The third-order valence-electron chi connectivity index (χ3n) is 4.59. The van der Waals surface area contributed by atoms with E-state index in [1.165, 1.54) is 22.7 Å². The Kier molecular flexibility index (Phi) is 3.93. The lowest BCUT2D eigenvalue weighted by Gasteiger charge is -2.09. The van der Waals surface area contributed by atoms with Gasteiger partial charge in [-0.2, -0.15) is 16.6 Å². The number of aldehydes is 1. The van der Waals surface area contributed by atoms with E-state index < -0.39 is 0 Å². The highest BCUT2D eigenvalue weighted by Gasteiger charge is 2.16. The summed E-state index contributed by atoms with van der Waals surface area (Å²) in [7, 11) is 0. The van der Waals surface area contributed by atoms with E-state index in [1.54, 1.807) is 6.20 Å². The van der Waals surface area contributed by atoms with Crippen molar-refractivity contribution < 1.29 is 4.79 Å². The predicted molar refractivity (Wildman–Crippen MR) is 115 cm³/mol. The summed E-state index contributed by atoms with van der Waals surface area (Å²) in [4.78, 5) is 20.7. The molecule has 5 aromatic rings. The van der Waals surface area contributed by atoms with Crippen molar-refractivity contribution in [1.29, 1.82) is 5.26 Å². The SMILES string of the molecule is N#Cc1cnc2sc(-c3cscc3C=O)cc2c1Nc1ccc2[nH]ccc2c1. The molecule has 0 aliphatic rings. The minimum absolute atomic E-state index is 0.479. The molecule has 0 bridgehead atoms. The molecule has 0 spiro atoms. The van der Waals surface area contributed by atoms with Gasteiger partial charge in [-0.1, -0.05) is 0 Å². The third-order valence-corrected chi connectivity index (χ3v) is 6.43. The molecule has 0 radical (unpaired) electrons. The number of fused-ring (bicyclic) bond motifs is 2. The Morgan fingerprint density at radius 1 is 1.21 bits per heavy atom. The molecule has 0 saturated carbocycles. The number of hydrogen-bond donors (Lipinski definition) is 2. The van der Waals surface area contributed by atoms with E-state index in [9.17, 15) is 10.1 Å². The lowest BCUT2D eigenvalue weighted by atomic mass is 10.1. The Hall–Kier alpha value is -3.47. The first-order valence-corrected chi connectivity index (χ1v) is 10.2. The molecule has 4 aromatic heterocycles. The van der Waals surface area contributed by atoms with Gasteiger partial charge >= 0.3 is 0 Å². The van der Waals surface area contributed by atoms with Crippen LogP contribution in [0.15, 0.2) is 53.5 Å². The van der Waals surface area contributed by atoms with Gasteiger partial charge < -0.3 is 10.3 Å². The Balaban J connectivity index is 1.65. The number of rotatable bonds is 4. The highest BCUT2D eigenvalue weighted by atomic mass is 32.1. The van der Waals surface area contributed by atoms with Gasteiger partial charge in [-0.3, -0.25) is 4.79 Å². The molecular weight excluding hydrogens is 388 g/mol. The average Bonchev–Trinajstić information content (AvgIpc) is 3.45. The average molecular weight is 400 g/mol. The second-order valence-electron chi connectivity index (χ2n) is 6.25. The number of carbonyl (C=O) groups excluding carboxylic acids is 1. The number of pyridine rings is 1. The van der Waals surface area contributed by atoms with Crippen molar-refractivity contribution in [2.24, 2.45) is 0 Å². The first-order chi connectivity index (χ1) is 13.8. The van der Waals surface area contributed by atoms with Crippen LogP contribution in [0, 0.1) is 11.3 Å². The van der Waals surface area contributed by atoms with Gasteiger partial charge in [0.2, 0.25) is 0 Å². The van der Waals surface area contributed by atoms with Crippen molar-refractivity contribution in [2.75, 3.05) is 5.32 Å². The maximum Gasteiger partial charge on any atom is 0.151 e. The number of anilines is 2. The second kappa shape index (κ2) is 6.60. The largest absolute Gasteiger partial charge is 0.361 e. The standard InChI is InChI=1S/C21H12N4OS2/c22-7-13-8-24-21-16(6-19(28-21)17-11-27-10-14(17)9-26)20(13)25-15-1-2-18-12(5-15)3-4-23-18/h1-6,8-11,23H,(H,24,25). The summed E-state index contributed by atoms with van der Waals surface area (Å²) in [6.07, 6.45) is 4.36. The Labute approximate surface area is 167 Å². The van der Waals surface area contributed by atoms with Crippen molar-refractivity contribution in [3.05, 3.63) is 64.6 Å². The molecule has 4 heterocycles. The van der Waals surface area contributed by atoms with Gasteiger partial charge in [0, 0.05) is 61.1 Å². The maximum absolute atomic E-state index is 11.3. The number of nitriles is 1. The normalized spacial score (nSPS) is 11.0. The van der Waals surface area contributed by atoms with Crippen LogP contribution in [0.3, 0.4) is 0 Å². The van der Waals surface area contributed by atoms with Crippen molar-refractivity contribution in [3.8, 4) is 16.5 Å². The van der Waals surface area contributed by atoms with E-state index >= 15 is 0 Å². The molecule has 7 heteroatoms. The quantitative estimate of drug-likeness (QED) is 0.366. The number of hydrogen-bond acceptors (Lipinski definition) is 6. The number of nitrogens with one attached hydrogen (secondary N) is 2. The summed E-state index contributed by atoms with van der Waals surface area (Å²) in [6.45, 7) is 0. The van der Waals surface area contributed by atoms with Crippen molar-refractivity contribution in [1.82, 2.24) is 9.97 Å². The Morgan fingerprint density at radius 3 is 3.00 bits per heavy atom. The fourth-order valence-corrected chi connectivity index (χ4v) is 5.13. The van der Waals surface area contributed by atoms with Crippen LogP contribution in [-0.4, -0.2) is 16.3 Å². The van der Waals surface area contributed by atoms with Gasteiger partial charge in [-0.25, -0.2) is 4.98 Å². The molecule has 0 amide bonds. The lowest BCUT2D eigenvalue weighted by molar-refractivity contribution is 0.112. The zero-order chi connectivity index (χ0) is 19.1. The summed E-state index contributed by atoms with van der Waals surface area (Å²) >= 11 is 3.01. The molecular formula is C21H12N4OS2. The van der Waals surface area contributed by atoms with Crippen molar-refractivity contribution in [2.45, 2.75) is 0 Å². The Bertz CT molecular complexity index is 1390. The number of H-pyrrole nitrogens is 1. The van der Waals surface area contributed by atoms with Crippen LogP contribution in [-0.2, 0) is 0 Å². The van der Waals surface area contributed by atoms with Gasteiger partial charge in [0.15, 0.2) is 6.29 Å². The number of carbonyl (C=O) groups is 1. The molecule has 134 valence electrons. The highest BCUT2D eigenvalue weighted by Crippen LogP contribution is 2.40. The van der Waals surface area contributed by atoms with Crippen molar-refractivity contribution >= 4 is 61.5 Å². The van der Waals surface area contributed by atoms with E-state index in [0.29, 0.717) is 11.1 Å². The number of nitrogens with zero attached hydrogens (tertiary/aromatic N) is 2. The van der Waals surface area contributed by atoms with Gasteiger partial charge in [0.05, 0.1) is 11.3 Å².